The van der Waals surface area contributed by atoms with E-state index < -0.39 is 0 Å². The molecule has 0 radical (unpaired) electrons. The van der Waals surface area contributed by atoms with Crippen LogP contribution in [0, 0.1) is 0 Å². The second-order valence-electron chi connectivity index (χ2n) is 10.5. The van der Waals surface area contributed by atoms with Gasteiger partial charge in [-0.3, -0.25) is 24.1 Å². The van der Waals surface area contributed by atoms with Crippen LogP contribution in [0.15, 0.2) is 65.6 Å². The van der Waals surface area contributed by atoms with Crippen molar-refractivity contribution in [3.05, 3.63) is 93.7 Å². The molecule has 12 nitrogen and oxygen atoms in total. The number of imidazole rings is 1. The first-order valence-corrected chi connectivity index (χ1v) is 14.5. The quantitative estimate of drug-likeness (QED) is 0.0786. The second kappa shape index (κ2) is 14.8. The van der Waals surface area contributed by atoms with Crippen LogP contribution in [0.1, 0.15) is 43.8 Å². The van der Waals surface area contributed by atoms with E-state index in [0.29, 0.717) is 35.5 Å². The number of aliphatic hydroxyl groups excluding tert-OH is 1. The second-order valence-corrected chi connectivity index (χ2v) is 10.5. The van der Waals surface area contributed by atoms with E-state index in [4.69, 9.17) is 9.47 Å². The number of fused-ring (bicyclic) bond motifs is 2. The molecule has 3 amide bonds. The Morgan fingerprint density at radius 3 is 2.27 bits per heavy atom. The van der Waals surface area contributed by atoms with Crippen LogP contribution in [0.25, 0.3) is 11.0 Å². The average molecular weight is 730 g/mol. The van der Waals surface area contributed by atoms with Crippen molar-refractivity contribution < 1.29 is 57.5 Å². The Morgan fingerprint density at radius 1 is 0.933 bits per heavy atom. The van der Waals surface area contributed by atoms with Crippen LogP contribution in [0.4, 0.5) is 0 Å². The summed E-state index contributed by atoms with van der Waals surface area (Å²) < 4.78 is 17.1. The van der Waals surface area contributed by atoms with Crippen LogP contribution < -0.4 is 38.8 Å². The number of rotatable bonds is 13. The summed E-state index contributed by atoms with van der Waals surface area (Å²) in [6, 6.07) is 15.3. The molecule has 2 aromatic heterocycles. The lowest BCUT2D eigenvalue weighted by molar-refractivity contribution is -0.677. The lowest BCUT2D eigenvalue weighted by Gasteiger charge is -2.14. The van der Waals surface area contributed by atoms with Gasteiger partial charge in [-0.1, -0.05) is 12.1 Å². The molecule has 1 aliphatic rings. The van der Waals surface area contributed by atoms with Crippen LogP contribution in [-0.4, -0.2) is 82.3 Å². The summed E-state index contributed by atoms with van der Waals surface area (Å²) in [5, 5.41) is 9.24. The van der Waals surface area contributed by atoms with Gasteiger partial charge in [0.2, 0.25) is 0 Å². The predicted octanol–water partition coefficient (Wildman–Crippen LogP) is -1.30. The van der Waals surface area contributed by atoms with Gasteiger partial charge in [0.1, 0.15) is 25.4 Å². The molecule has 1 N–H and O–H groups in total. The van der Waals surface area contributed by atoms with E-state index in [1.807, 2.05) is 29.7 Å². The van der Waals surface area contributed by atoms with Crippen molar-refractivity contribution in [2.45, 2.75) is 33.1 Å². The summed E-state index contributed by atoms with van der Waals surface area (Å²) in [5.41, 5.74) is 2.67. The highest BCUT2D eigenvalue weighted by Crippen LogP contribution is 2.26. The average Bonchev–Trinajstić information content (AvgIpc) is 3.45. The summed E-state index contributed by atoms with van der Waals surface area (Å²) in [6.07, 6.45) is 1.53. The number of hydrogen-bond acceptors (Lipinski definition) is 7. The first-order valence-electron chi connectivity index (χ1n) is 14.5. The fourth-order valence-corrected chi connectivity index (χ4v) is 5.43. The van der Waals surface area contributed by atoms with Gasteiger partial charge in [-0.2, -0.15) is 0 Å². The van der Waals surface area contributed by atoms with E-state index in [-0.39, 0.29) is 86.8 Å². The Labute approximate surface area is 277 Å². The van der Waals surface area contributed by atoms with Gasteiger partial charge in [0.25, 0.3) is 29.1 Å². The zero-order valence-corrected chi connectivity index (χ0v) is 27.6. The summed E-state index contributed by atoms with van der Waals surface area (Å²) in [4.78, 5) is 53.9. The van der Waals surface area contributed by atoms with Crippen molar-refractivity contribution in [3.63, 3.8) is 0 Å². The molecule has 13 heteroatoms. The van der Waals surface area contributed by atoms with Crippen molar-refractivity contribution >= 4 is 28.8 Å². The first-order chi connectivity index (χ1) is 21.2. The third kappa shape index (κ3) is 6.94. The van der Waals surface area contributed by atoms with Crippen LogP contribution >= 0.6 is 0 Å². The molecule has 4 aromatic rings. The third-order valence-electron chi connectivity index (χ3n) is 7.58. The first kappa shape index (κ1) is 33.8. The van der Waals surface area contributed by atoms with Crippen molar-refractivity contribution in [3.8, 4) is 5.75 Å². The van der Waals surface area contributed by atoms with Gasteiger partial charge in [0.15, 0.2) is 11.0 Å². The Kier molecular flexibility index (Phi) is 11.1. The fraction of sp³-hybridized carbons (Fsp3) is 0.344. The summed E-state index contributed by atoms with van der Waals surface area (Å²) in [7, 11) is 3.30. The molecule has 0 atom stereocenters. The predicted molar refractivity (Wildman–Crippen MR) is 161 cm³/mol. The van der Waals surface area contributed by atoms with E-state index in [1.165, 1.54) is 32.7 Å². The zero-order valence-electron chi connectivity index (χ0n) is 25.4. The van der Waals surface area contributed by atoms with E-state index in [9.17, 15) is 24.3 Å². The van der Waals surface area contributed by atoms with E-state index in [2.05, 4.69) is 4.57 Å². The van der Waals surface area contributed by atoms with Crippen molar-refractivity contribution in [1.82, 2.24) is 18.9 Å². The number of aromatic nitrogens is 3. The molecule has 0 spiro atoms. The number of aryl methyl sites for hydroxylation is 1. The maximum absolute atomic E-state index is 13.2. The maximum atomic E-state index is 13.2. The van der Waals surface area contributed by atoms with Gasteiger partial charge in [-0.25, -0.2) is 9.13 Å². The minimum atomic E-state index is -0.339. The van der Waals surface area contributed by atoms with Gasteiger partial charge in [0, 0.05) is 39.0 Å². The smallest absolute Gasteiger partial charge is 0.278 e. The molecule has 2 aromatic carbocycles. The minimum absolute atomic E-state index is 0. The highest BCUT2D eigenvalue weighted by molar-refractivity contribution is 6.21. The number of nitrogens with zero attached hydrogens (tertiary/aromatic N) is 5. The zero-order chi connectivity index (χ0) is 31.4. The molecule has 5 rings (SSSR count). The van der Waals surface area contributed by atoms with Crippen LogP contribution in [-0.2, 0) is 30.9 Å². The highest BCUT2D eigenvalue weighted by atomic mass is 127. The highest BCUT2D eigenvalue weighted by Gasteiger charge is 2.38. The van der Waals surface area contributed by atoms with Crippen LogP contribution in [0.2, 0.25) is 0 Å². The lowest BCUT2D eigenvalue weighted by Crippen LogP contribution is -3.00. The number of pyridine rings is 1. The molecular weight excluding hydrogens is 693 g/mol. The number of amides is 3. The van der Waals surface area contributed by atoms with E-state index in [1.54, 1.807) is 38.4 Å². The molecule has 238 valence electrons. The SMILES string of the molecule is CC[n+]1c(CN2C(=O)c3ccccc3C2=O)n(CCOCCn2cc(C(=O)N(C)C)ccc2=O)c2cc(OCCO)ccc21.[I-]. The molecule has 45 heavy (non-hydrogen) atoms. The summed E-state index contributed by atoms with van der Waals surface area (Å²) >= 11 is 0. The van der Waals surface area contributed by atoms with E-state index >= 15 is 0 Å². The normalized spacial score (nSPS) is 12.4. The largest absolute Gasteiger partial charge is 1.00 e. The van der Waals surface area contributed by atoms with Crippen LogP contribution in [0.3, 0.4) is 0 Å². The summed E-state index contributed by atoms with van der Waals surface area (Å²) in [5.74, 6) is 0.443. The molecule has 3 heterocycles. The minimum Gasteiger partial charge on any atom is -1.00 e. The molecule has 0 aliphatic carbocycles. The number of hydrogen-bond donors (Lipinski definition) is 1. The van der Waals surface area contributed by atoms with Gasteiger partial charge in [0.05, 0.1) is 43.1 Å². The standard InChI is InChI=1S/C32H36N5O7.HI/c1-4-35-26-11-10-23(44-18-15-38)19-27(26)36(28(35)21-37-31(41)24-7-5-6-8-25(24)32(37)42)14-17-43-16-13-34-20-22(9-12-29(34)39)30(40)33(2)3;/h5-12,19-20,38H,4,13-18,21H2,1-3H3;1H/q+1;/p-1. The van der Waals surface area contributed by atoms with Gasteiger partial charge < -0.3 is 48.0 Å². The molecule has 0 saturated heterocycles. The molecule has 0 bridgehead atoms. The third-order valence-corrected chi connectivity index (χ3v) is 7.58. The number of imide groups is 1. The summed E-state index contributed by atoms with van der Waals surface area (Å²) in [6.45, 7) is 3.81. The number of benzene rings is 2. The number of carbonyl (C=O) groups is 3. The molecular formula is C32H36IN5O7. The topological polar surface area (TPSA) is 127 Å². The molecule has 1 aliphatic heterocycles. The maximum Gasteiger partial charge on any atom is 0.278 e. The van der Waals surface area contributed by atoms with Crippen molar-refractivity contribution in [2.24, 2.45) is 0 Å². The fourth-order valence-electron chi connectivity index (χ4n) is 5.43. The lowest BCUT2D eigenvalue weighted by atomic mass is 10.1. The van der Waals surface area contributed by atoms with Crippen molar-refractivity contribution in [2.75, 3.05) is 40.5 Å². The Balaban J connectivity index is 0.00000461. The Morgan fingerprint density at radius 2 is 1.62 bits per heavy atom. The number of carbonyl (C=O) groups excluding carboxylic acids is 3. The number of halogens is 1. The number of ether oxygens (including phenoxy) is 2. The van der Waals surface area contributed by atoms with Gasteiger partial charge >= 0.3 is 0 Å². The van der Waals surface area contributed by atoms with Gasteiger partial charge in [-0.15, -0.1) is 0 Å². The van der Waals surface area contributed by atoms with Gasteiger partial charge in [-0.05, 0) is 37.3 Å². The molecule has 0 fully saturated rings. The molecule has 0 unspecified atom stereocenters. The number of aliphatic hydroxyl groups is 1. The Hall–Kier alpha value is -4.08. The molecule has 0 saturated carbocycles. The van der Waals surface area contributed by atoms with Crippen LogP contribution in [0.5, 0.6) is 5.75 Å². The monoisotopic (exact) mass is 729 g/mol. The van der Waals surface area contributed by atoms with Crippen molar-refractivity contribution in [1.29, 1.82) is 0 Å². The van der Waals surface area contributed by atoms with E-state index in [0.717, 1.165) is 16.9 Å². The Bertz CT molecular complexity index is 1750.